The zero-order chi connectivity index (χ0) is 23.7. The first kappa shape index (κ1) is 22.0. The van der Waals surface area contributed by atoms with Crippen molar-refractivity contribution < 1.29 is 4.42 Å². The van der Waals surface area contributed by atoms with Crippen LogP contribution in [0.25, 0.3) is 16.7 Å². The lowest BCUT2D eigenvalue weighted by Gasteiger charge is -2.27. The molecule has 5 aromatic rings. The second-order valence-corrected chi connectivity index (χ2v) is 8.63. The van der Waals surface area contributed by atoms with Crippen molar-refractivity contribution in [2.24, 2.45) is 0 Å². The number of fused-ring (bicyclic) bond motifs is 1. The number of para-hydroxylation sites is 1. The van der Waals surface area contributed by atoms with E-state index in [0.717, 1.165) is 16.8 Å². The summed E-state index contributed by atoms with van der Waals surface area (Å²) < 4.78 is 7.49. The highest BCUT2D eigenvalue weighted by molar-refractivity contribution is 6.31. The fraction of sp³-hybridized carbons (Fsp3) is 0.154. The summed E-state index contributed by atoms with van der Waals surface area (Å²) >= 11 is 6.12. The van der Waals surface area contributed by atoms with Crippen LogP contribution in [0.1, 0.15) is 28.6 Å². The third-order valence-corrected chi connectivity index (χ3v) is 6.10. The van der Waals surface area contributed by atoms with Gasteiger partial charge in [0.1, 0.15) is 5.58 Å². The molecule has 1 atom stereocenters. The molecule has 0 aliphatic rings. The monoisotopic (exact) mass is 471 g/mol. The number of aryl methyl sites for hydroxylation is 1. The van der Waals surface area contributed by atoms with Crippen molar-refractivity contribution in [1.29, 1.82) is 0 Å². The molecule has 0 amide bonds. The van der Waals surface area contributed by atoms with Crippen LogP contribution < -0.4 is 5.43 Å². The van der Waals surface area contributed by atoms with E-state index in [9.17, 15) is 4.79 Å². The Morgan fingerprint density at radius 2 is 1.82 bits per heavy atom. The molecule has 0 aliphatic carbocycles. The molecule has 0 spiro atoms. The van der Waals surface area contributed by atoms with Gasteiger partial charge in [-0.15, -0.1) is 5.10 Å². The predicted molar refractivity (Wildman–Crippen MR) is 131 cm³/mol. The molecule has 5 rings (SSSR count). The number of hydrogen-bond acceptors (Lipinski definition) is 6. The predicted octanol–water partition coefficient (Wildman–Crippen LogP) is 4.95. The van der Waals surface area contributed by atoms with E-state index in [-0.39, 0.29) is 11.5 Å². The van der Waals surface area contributed by atoms with Gasteiger partial charge in [0.2, 0.25) is 0 Å². The lowest BCUT2D eigenvalue weighted by molar-refractivity contribution is 0.256. The molecule has 0 saturated heterocycles. The maximum atomic E-state index is 13.2. The van der Waals surface area contributed by atoms with Crippen molar-refractivity contribution in [3.63, 3.8) is 0 Å². The summed E-state index contributed by atoms with van der Waals surface area (Å²) in [6.45, 7) is 2.35. The maximum Gasteiger partial charge on any atom is 0.197 e. The second-order valence-electron chi connectivity index (χ2n) is 8.19. The van der Waals surface area contributed by atoms with Crippen LogP contribution in [0.4, 0.5) is 0 Å². The molecule has 170 valence electrons. The molecule has 34 heavy (non-hydrogen) atoms. The highest BCUT2D eigenvalue weighted by Crippen LogP contribution is 2.29. The molecule has 0 bridgehead atoms. The lowest BCUT2D eigenvalue weighted by atomic mass is 10.0. The van der Waals surface area contributed by atoms with E-state index in [4.69, 9.17) is 16.0 Å². The average molecular weight is 472 g/mol. The minimum Gasteiger partial charge on any atom is -0.464 e. The van der Waals surface area contributed by atoms with Crippen molar-refractivity contribution >= 4 is 22.6 Å². The summed E-state index contributed by atoms with van der Waals surface area (Å²) in [5, 5.41) is 13.6. The smallest absolute Gasteiger partial charge is 0.197 e. The van der Waals surface area contributed by atoms with Gasteiger partial charge < -0.3 is 4.42 Å². The summed E-state index contributed by atoms with van der Waals surface area (Å²) in [7, 11) is 1.94. The fourth-order valence-electron chi connectivity index (χ4n) is 4.19. The van der Waals surface area contributed by atoms with Gasteiger partial charge in [0, 0.05) is 17.1 Å². The lowest BCUT2D eigenvalue weighted by Crippen LogP contribution is -2.30. The van der Waals surface area contributed by atoms with Crippen molar-refractivity contribution in [2.75, 3.05) is 7.05 Å². The maximum absolute atomic E-state index is 13.2. The molecule has 3 aromatic carbocycles. The van der Waals surface area contributed by atoms with Crippen LogP contribution in [-0.4, -0.2) is 32.2 Å². The highest BCUT2D eigenvalue weighted by atomic mass is 35.5. The number of tetrazole rings is 1. The Bertz CT molecular complexity index is 1510. The summed E-state index contributed by atoms with van der Waals surface area (Å²) in [6, 6.07) is 22.7. The molecule has 0 aliphatic heterocycles. The third-order valence-electron chi connectivity index (χ3n) is 5.86. The Kier molecular flexibility index (Phi) is 5.96. The van der Waals surface area contributed by atoms with E-state index in [1.165, 1.54) is 6.26 Å². The standard InChI is InChI=1S/C26H22ClN5O2/c1-17-8-6-7-11-22(17)32-26(28-29-30-32)24(18-9-4-3-5-10-18)31(2)15-19-16-34-23-13-12-20(27)14-21(23)25(19)33/h3-14,16,24H,15H2,1-2H3. The summed E-state index contributed by atoms with van der Waals surface area (Å²) in [4.78, 5) is 15.2. The van der Waals surface area contributed by atoms with Gasteiger partial charge >= 0.3 is 0 Å². The van der Waals surface area contributed by atoms with Gasteiger partial charge in [-0.1, -0.05) is 60.1 Å². The number of aromatic nitrogens is 4. The van der Waals surface area contributed by atoms with Crippen LogP contribution in [-0.2, 0) is 6.54 Å². The molecule has 0 saturated carbocycles. The molecule has 0 fully saturated rings. The fourth-order valence-corrected chi connectivity index (χ4v) is 4.36. The van der Waals surface area contributed by atoms with Crippen molar-refractivity contribution in [3.8, 4) is 5.69 Å². The van der Waals surface area contributed by atoms with Crippen LogP contribution in [0.2, 0.25) is 5.02 Å². The van der Waals surface area contributed by atoms with Crippen LogP contribution in [0, 0.1) is 6.92 Å². The van der Waals surface area contributed by atoms with Crippen LogP contribution in [0.3, 0.4) is 0 Å². The summed E-state index contributed by atoms with van der Waals surface area (Å²) in [5.74, 6) is 0.649. The first-order chi connectivity index (χ1) is 16.5. The number of rotatable bonds is 6. The Morgan fingerprint density at radius 3 is 2.62 bits per heavy atom. The van der Waals surface area contributed by atoms with Crippen molar-refractivity contribution in [1.82, 2.24) is 25.1 Å². The van der Waals surface area contributed by atoms with Crippen molar-refractivity contribution in [2.45, 2.75) is 19.5 Å². The van der Waals surface area contributed by atoms with Crippen molar-refractivity contribution in [3.05, 3.63) is 117 Å². The van der Waals surface area contributed by atoms with Crippen LogP contribution >= 0.6 is 11.6 Å². The normalized spacial score (nSPS) is 12.4. The van der Waals surface area contributed by atoms with Gasteiger partial charge in [-0.05, 0) is 59.8 Å². The molecule has 7 nitrogen and oxygen atoms in total. The Balaban J connectivity index is 1.58. The number of benzene rings is 3. The minimum absolute atomic E-state index is 0.110. The Labute approximate surface area is 201 Å². The molecule has 8 heteroatoms. The van der Waals surface area contributed by atoms with E-state index in [1.807, 2.05) is 73.5 Å². The summed E-state index contributed by atoms with van der Waals surface area (Å²) in [6.07, 6.45) is 1.52. The Morgan fingerprint density at radius 1 is 1.06 bits per heavy atom. The largest absolute Gasteiger partial charge is 0.464 e. The number of nitrogens with zero attached hydrogens (tertiary/aromatic N) is 5. The van der Waals surface area contributed by atoms with E-state index < -0.39 is 0 Å². The molecule has 2 heterocycles. The SMILES string of the molecule is Cc1ccccc1-n1nnnc1C(c1ccccc1)N(C)Cc1coc2ccc(Cl)cc2c1=O. The first-order valence-electron chi connectivity index (χ1n) is 10.8. The molecular weight excluding hydrogens is 450 g/mol. The number of hydrogen-bond donors (Lipinski definition) is 0. The van der Waals surface area contributed by atoms with Gasteiger partial charge in [0.25, 0.3) is 0 Å². The van der Waals surface area contributed by atoms with Gasteiger partial charge in [-0.3, -0.25) is 9.69 Å². The van der Waals surface area contributed by atoms with E-state index in [0.29, 0.717) is 33.9 Å². The molecule has 1 unspecified atom stereocenters. The molecular formula is C26H22ClN5O2. The quantitative estimate of drug-likeness (QED) is 0.348. The topological polar surface area (TPSA) is 77.1 Å². The van der Waals surface area contributed by atoms with Gasteiger partial charge in [0.05, 0.1) is 23.4 Å². The zero-order valence-electron chi connectivity index (χ0n) is 18.7. The van der Waals surface area contributed by atoms with E-state index in [2.05, 4.69) is 15.5 Å². The highest BCUT2D eigenvalue weighted by Gasteiger charge is 2.27. The van der Waals surface area contributed by atoms with E-state index >= 15 is 0 Å². The van der Waals surface area contributed by atoms with Gasteiger partial charge in [0.15, 0.2) is 11.3 Å². The minimum atomic E-state index is -0.315. The molecule has 2 aromatic heterocycles. The van der Waals surface area contributed by atoms with Gasteiger partial charge in [-0.2, -0.15) is 4.68 Å². The van der Waals surface area contributed by atoms with Crippen LogP contribution in [0.15, 0.2) is 88.3 Å². The van der Waals surface area contributed by atoms with Crippen LogP contribution in [0.5, 0.6) is 0 Å². The van der Waals surface area contributed by atoms with Gasteiger partial charge in [-0.25, -0.2) is 0 Å². The average Bonchev–Trinajstić information content (AvgIpc) is 3.31. The molecule has 0 radical (unpaired) electrons. The second kappa shape index (κ2) is 9.21. The third kappa shape index (κ3) is 4.11. The van der Waals surface area contributed by atoms with E-state index in [1.54, 1.807) is 22.9 Å². The summed E-state index contributed by atoms with van der Waals surface area (Å²) in [5.41, 5.74) is 3.87. The molecule has 0 N–H and O–H groups in total. The first-order valence-corrected chi connectivity index (χ1v) is 11.2. The Hall–Kier alpha value is -3.81. The number of halogens is 1. The zero-order valence-corrected chi connectivity index (χ0v) is 19.5.